The molecule has 2 aromatic rings. The Labute approximate surface area is 105 Å². The van der Waals surface area contributed by atoms with Crippen LogP contribution in [-0.4, -0.2) is 23.2 Å². The van der Waals surface area contributed by atoms with E-state index in [0.29, 0.717) is 25.3 Å². The maximum atomic E-state index is 5.55. The van der Waals surface area contributed by atoms with Crippen molar-refractivity contribution < 1.29 is 9.47 Å². The van der Waals surface area contributed by atoms with E-state index in [0.717, 1.165) is 22.9 Å². The van der Waals surface area contributed by atoms with Gasteiger partial charge in [0.2, 0.25) is 0 Å². The van der Waals surface area contributed by atoms with Crippen molar-refractivity contribution in [1.29, 1.82) is 0 Å². The molecule has 0 bridgehead atoms. The number of nitrogens with zero attached hydrogens (tertiary/aromatic N) is 2. The summed E-state index contributed by atoms with van der Waals surface area (Å²) in [7, 11) is 0. The van der Waals surface area contributed by atoms with Crippen LogP contribution in [0.25, 0.3) is 0 Å². The average Bonchev–Trinajstić information content (AvgIpc) is 2.41. The van der Waals surface area contributed by atoms with E-state index in [1.54, 1.807) is 12.4 Å². The number of ether oxygens (including phenoxy) is 2. The topological polar surface area (TPSA) is 70.3 Å². The minimum absolute atomic E-state index is 0.570. The lowest BCUT2D eigenvalue weighted by molar-refractivity contribution is 0.171. The summed E-state index contributed by atoms with van der Waals surface area (Å²) < 4.78 is 11.0. The minimum Gasteiger partial charge on any atom is -0.486 e. The molecule has 0 radical (unpaired) electrons. The third-order valence-electron chi connectivity index (χ3n) is 2.69. The van der Waals surface area contributed by atoms with E-state index in [1.165, 1.54) is 0 Å². The number of rotatable bonds is 2. The molecule has 0 atom stereocenters. The zero-order valence-corrected chi connectivity index (χ0v) is 9.80. The Morgan fingerprint density at radius 2 is 1.78 bits per heavy atom. The SMILES string of the molecule is Nc1cnc(Cc2ccc3c(c2)OCCO3)nc1. The Hall–Kier alpha value is -2.30. The number of nitrogen functional groups attached to an aromatic ring is 1. The van der Waals surface area contributed by atoms with Gasteiger partial charge in [-0.2, -0.15) is 0 Å². The van der Waals surface area contributed by atoms with Crippen molar-refractivity contribution in [3.8, 4) is 11.5 Å². The predicted molar refractivity (Wildman–Crippen MR) is 66.7 cm³/mol. The fourth-order valence-corrected chi connectivity index (χ4v) is 1.84. The van der Waals surface area contributed by atoms with Gasteiger partial charge >= 0.3 is 0 Å². The van der Waals surface area contributed by atoms with E-state index < -0.39 is 0 Å². The second-order valence-corrected chi connectivity index (χ2v) is 4.09. The molecule has 2 N–H and O–H groups in total. The lowest BCUT2D eigenvalue weighted by Crippen LogP contribution is -2.15. The summed E-state index contributed by atoms with van der Waals surface area (Å²) in [5.74, 6) is 2.32. The van der Waals surface area contributed by atoms with Gasteiger partial charge in [0.25, 0.3) is 0 Å². The number of nitrogens with two attached hydrogens (primary N) is 1. The standard InChI is InChI=1S/C13H13N3O2/c14-10-7-15-13(16-8-10)6-9-1-2-11-12(5-9)18-4-3-17-11/h1-2,5,7-8H,3-4,6,14H2. The Balaban J connectivity index is 1.82. The average molecular weight is 243 g/mol. The smallest absolute Gasteiger partial charge is 0.161 e. The van der Waals surface area contributed by atoms with Crippen molar-refractivity contribution >= 4 is 5.69 Å². The highest BCUT2D eigenvalue weighted by molar-refractivity contribution is 5.44. The molecule has 0 unspecified atom stereocenters. The van der Waals surface area contributed by atoms with Gasteiger partial charge in [-0.15, -0.1) is 0 Å². The van der Waals surface area contributed by atoms with Crippen molar-refractivity contribution in [2.24, 2.45) is 0 Å². The van der Waals surface area contributed by atoms with Crippen LogP contribution in [0.2, 0.25) is 0 Å². The number of anilines is 1. The molecule has 92 valence electrons. The van der Waals surface area contributed by atoms with Gasteiger partial charge in [-0.3, -0.25) is 0 Å². The van der Waals surface area contributed by atoms with Gasteiger partial charge in [0, 0.05) is 6.42 Å². The Morgan fingerprint density at radius 1 is 1.06 bits per heavy atom. The summed E-state index contributed by atoms with van der Waals surface area (Å²) in [6, 6.07) is 5.88. The number of hydrogen-bond donors (Lipinski definition) is 1. The third-order valence-corrected chi connectivity index (χ3v) is 2.69. The van der Waals surface area contributed by atoms with E-state index in [-0.39, 0.29) is 0 Å². The first kappa shape index (κ1) is 10.8. The molecule has 5 heteroatoms. The van der Waals surface area contributed by atoms with Gasteiger partial charge in [-0.05, 0) is 17.7 Å². The van der Waals surface area contributed by atoms with Crippen molar-refractivity contribution in [2.45, 2.75) is 6.42 Å². The van der Waals surface area contributed by atoms with Crippen LogP contribution in [0.3, 0.4) is 0 Å². The molecule has 1 aromatic carbocycles. The van der Waals surface area contributed by atoms with Crippen LogP contribution in [0.5, 0.6) is 11.5 Å². The largest absolute Gasteiger partial charge is 0.486 e. The highest BCUT2D eigenvalue weighted by Gasteiger charge is 2.12. The van der Waals surface area contributed by atoms with Gasteiger partial charge in [0.15, 0.2) is 11.5 Å². The van der Waals surface area contributed by atoms with Gasteiger partial charge in [0.05, 0.1) is 18.1 Å². The molecule has 18 heavy (non-hydrogen) atoms. The van der Waals surface area contributed by atoms with Crippen LogP contribution >= 0.6 is 0 Å². The molecule has 0 amide bonds. The molecule has 0 saturated carbocycles. The molecule has 1 aliphatic heterocycles. The van der Waals surface area contributed by atoms with Crippen molar-refractivity contribution in [2.75, 3.05) is 18.9 Å². The summed E-state index contributed by atoms with van der Waals surface area (Å²) in [5.41, 5.74) is 7.21. The summed E-state index contributed by atoms with van der Waals surface area (Å²) in [6.45, 7) is 1.20. The maximum Gasteiger partial charge on any atom is 0.161 e. The summed E-state index contributed by atoms with van der Waals surface area (Å²) in [6.07, 6.45) is 3.87. The van der Waals surface area contributed by atoms with Crippen LogP contribution in [-0.2, 0) is 6.42 Å². The number of aromatic nitrogens is 2. The van der Waals surface area contributed by atoms with E-state index in [9.17, 15) is 0 Å². The quantitative estimate of drug-likeness (QED) is 0.863. The fraction of sp³-hybridized carbons (Fsp3) is 0.231. The molecule has 2 heterocycles. The fourth-order valence-electron chi connectivity index (χ4n) is 1.84. The highest BCUT2D eigenvalue weighted by atomic mass is 16.6. The zero-order valence-electron chi connectivity index (χ0n) is 9.80. The minimum atomic E-state index is 0.570. The maximum absolute atomic E-state index is 5.55. The second-order valence-electron chi connectivity index (χ2n) is 4.09. The van der Waals surface area contributed by atoms with E-state index in [1.807, 2.05) is 18.2 Å². The number of hydrogen-bond acceptors (Lipinski definition) is 5. The number of fused-ring (bicyclic) bond motifs is 1. The number of benzene rings is 1. The van der Waals surface area contributed by atoms with Crippen LogP contribution < -0.4 is 15.2 Å². The second kappa shape index (κ2) is 4.52. The predicted octanol–water partition coefficient (Wildman–Crippen LogP) is 1.42. The lowest BCUT2D eigenvalue weighted by atomic mass is 10.1. The molecule has 5 nitrogen and oxygen atoms in total. The van der Waals surface area contributed by atoms with Gasteiger partial charge in [-0.1, -0.05) is 6.07 Å². The first-order valence-corrected chi connectivity index (χ1v) is 5.76. The van der Waals surface area contributed by atoms with Crippen LogP contribution in [0.15, 0.2) is 30.6 Å². The van der Waals surface area contributed by atoms with Crippen molar-refractivity contribution in [3.05, 3.63) is 42.0 Å². The van der Waals surface area contributed by atoms with Crippen LogP contribution in [0.1, 0.15) is 11.4 Å². The molecule has 1 aromatic heterocycles. The molecule has 0 aliphatic carbocycles. The van der Waals surface area contributed by atoms with Gasteiger partial charge in [0.1, 0.15) is 19.0 Å². The molecular formula is C13H13N3O2. The van der Waals surface area contributed by atoms with Crippen LogP contribution in [0, 0.1) is 0 Å². The molecule has 0 fully saturated rings. The van der Waals surface area contributed by atoms with E-state index in [4.69, 9.17) is 15.2 Å². The monoisotopic (exact) mass is 243 g/mol. The first-order chi connectivity index (χ1) is 8.81. The highest BCUT2D eigenvalue weighted by Crippen LogP contribution is 2.31. The van der Waals surface area contributed by atoms with Gasteiger partial charge in [-0.25, -0.2) is 9.97 Å². The van der Waals surface area contributed by atoms with Crippen molar-refractivity contribution in [1.82, 2.24) is 9.97 Å². The summed E-state index contributed by atoms with van der Waals surface area (Å²) >= 11 is 0. The molecular weight excluding hydrogens is 230 g/mol. The third kappa shape index (κ3) is 2.20. The lowest BCUT2D eigenvalue weighted by Gasteiger charge is -2.18. The van der Waals surface area contributed by atoms with E-state index in [2.05, 4.69) is 9.97 Å². The molecule has 0 saturated heterocycles. The normalized spacial score (nSPS) is 13.3. The first-order valence-electron chi connectivity index (χ1n) is 5.76. The van der Waals surface area contributed by atoms with E-state index >= 15 is 0 Å². The Kier molecular flexibility index (Phi) is 2.72. The Bertz CT molecular complexity index is 555. The van der Waals surface area contributed by atoms with Crippen LogP contribution in [0.4, 0.5) is 5.69 Å². The summed E-state index contributed by atoms with van der Waals surface area (Å²) in [4.78, 5) is 8.35. The van der Waals surface area contributed by atoms with Crippen molar-refractivity contribution in [3.63, 3.8) is 0 Å². The Morgan fingerprint density at radius 3 is 2.56 bits per heavy atom. The van der Waals surface area contributed by atoms with Gasteiger partial charge < -0.3 is 15.2 Å². The molecule has 0 spiro atoms. The zero-order chi connectivity index (χ0) is 12.4. The summed E-state index contributed by atoms with van der Waals surface area (Å²) in [5, 5.41) is 0. The molecule has 1 aliphatic rings. The molecule has 3 rings (SSSR count).